The van der Waals surface area contributed by atoms with Gasteiger partial charge in [0.15, 0.2) is 11.5 Å². The van der Waals surface area contributed by atoms with E-state index in [0.717, 1.165) is 56.1 Å². The lowest BCUT2D eigenvalue weighted by Crippen LogP contribution is -2.05. The van der Waals surface area contributed by atoms with Gasteiger partial charge in [0.25, 0.3) is 0 Å². The Bertz CT molecular complexity index is 440. The number of aryl methyl sites for hydroxylation is 2. The summed E-state index contributed by atoms with van der Waals surface area (Å²) in [5.41, 5.74) is 2.18. The third-order valence-corrected chi connectivity index (χ3v) is 3.33. The Morgan fingerprint density at radius 3 is 2.25 bits per heavy atom. The minimum absolute atomic E-state index is 0.0317. The van der Waals surface area contributed by atoms with Crippen molar-refractivity contribution < 1.29 is 19.7 Å². The third-order valence-electron chi connectivity index (χ3n) is 3.33. The highest BCUT2D eigenvalue weighted by Crippen LogP contribution is 2.31. The van der Waals surface area contributed by atoms with Crippen LogP contribution in [0.2, 0.25) is 0 Å². The van der Waals surface area contributed by atoms with Crippen LogP contribution in [0.5, 0.6) is 11.5 Å². The van der Waals surface area contributed by atoms with Crippen molar-refractivity contribution >= 4 is 6.16 Å². The summed E-state index contributed by atoms with van der Waals surface area (Å²) in [4.78, 5) is 10.6. The number of unbranched alkanes of at least 4 members (excludes halogenated alkanes) is 3. The highest BCUT2D eigenvalue weighted by Gasteiger charge is 2.12. The third kappa shape index (κ3) is 5.11. The molecule has 0 bridgehead atoms. The van der Waals surface area contributed by atoms with Crippen LogP contribution in [0.1, 0.15) is 57.1 Å². The van der Waals surface area contributed by atoms with Gasteiger partial charge in [-0.1, -0.05) is 33.1 Å². The topological polar surface area (TPSA) is 66.8 Å². The standard InChI is InChI=1S/C16H24O4/c1-3-5-7-9-13-11-15(20-16(18)19)14(17)10-12(13)8-6-4-2/h10-11,17H,3-9H2,1-2H3,(H,18,19). The summed E-state index contributed by atoms with van der Waals surface area (Å²) < 4.78 is 4.62. The van der Waals surface area contributed by atoms with Crippen molar-refractivity contribution in [2.75, 3.05) is 0 Å². The molecule has 0 saturated carbocycles. The number of phenolic OH excluding ortho intramolecular Hbond substituents is 1. The van der Waals surface area contributed by atoms with Gasteiger partial charge >= 0.3 is 6.16 Å². The average molecular weight is 280 g/mol. The molecule has 0 heterocycles. The van der Waals surface area contributed by atoms with Crippen LogP contribution in [-0.4, -0.2) is 16.4 Å². The fraction of sp³-hybridized carbons (Fsp3) is 0.562. The summed E-state index contributed by atoms with van der Waals surface area (Å²) in [5, 5.41) is 18.5. The molecular weight excluding hydrogens is 256 g/mol. The van der Waals surface area contributed by atoms with Gasteiger partial charge in [-0.15, -0.1) is 0 Å². The van der Waals surface area contributed by atoms with Crippen molar-refractivity contribution in [2.45, 2.75) is 58.8 Å². The summed E-state index contributed by atoms with van der Waals surface area (Å²) in [5.74, 6) is -0.0676. The number of carboxylic acid groups (broad SMARTS) is 1. The number of ether oxygens (including phenoxy) is 1. The number of phenols is 1. The van der Waals surface area contributed by atoms with Crippen LogP contribution < -0.4 is 4.74 Å². The summed E-state index contributed by atoms with van der Waals surface area (Å²) in [7, 11) is 0. The molecule has 2 N–H and O–H groups in total. The van der Waals surface area contributed by atoms with E-state index in [1.165, 1.54) is 0 Å². The molecule has 1 aromatic carbocycles. The first-order valence-corrected chi connectivity index (χ1v) is 7.34. The zero-order valence-electron chi connectivity index (χ0n) is 12.3. The van der Waals surface area contributed by atoms with E-state index >= 15 is 0 Å². The van der Waals surface area contributed by atoms with Gasteiger partial charge in [0.2, 0.25) is 0 Å². The van der Waals surface area contributed by atoms with Crippen LogP contribution in [0.15, 0.2) is 12.1 Å². The van der Waals surface area contributed by atoms with Gasteiger partial charge in [0, 0.05) is 0 Å². The molecule has 0 amide bonds. The average Bonchev–Trinajstić information content (AvgIpc) is 2.40. The van der Waals surface area contributed by atoms with E-state index in [4.69, 9.17) is 5.11 Å². The summed E-state index contributed by atoms with van der Waals surface area (Å²) in [6.07, 6.45) is 5.88. The van der Waals surface area contributed by atoms with E-state index in [1.54, 1.807) is 12.1 Å². The van der Waals surface area contributed by atoms with Crippen LogP contribution in [0.25, 0.3) is 0 Å². The van der Waals surface area contributed by atoms with E-state index in [0.29, 0.717) is 0 Å². The van der Waals surface area contributed by atoms with Crippen LogP contribution >= 0.6 is 0 Å². The predicted octanol–water partition coefficient (Wildman–Crippen LogP) is 4.52. The van der Waals surface area contributed by atoms with Gasteiger partial charge in [-0.3, -0.25) is 0 Å². The molecule has 1 aromatic rings. The monoisotopic (exact) mass is 280 g/mol. The van der Waals surface area contributed by atoms with E-state index in [-0.39, 0.29) is 11.5 Å². The second kappa shape index (κ2) is 8.46. The molecule has 0 radical (unpaired) electrons. The number of rotatable bonds is 8. The molecule has 0 aliphatic carbocycles. The minimum atomic E-state index is -1.40. The lowest BCUT2D eigenvalue weighted by Gasteiger charge is -2.13. The molecule has 0 saturated heterocycles. The van der Waals surface area contributed by atoms with Crippen molar-refractivity contribution in [1.82, 2.24) is 0 Å². The molecule has 0 aromatic heterocycles. The molecule has 0 unspecified atom stereocenters. The first-order chi connectivity index (χ1) is 9.58. The zero-order chi connectivity index (χ0) is 15.0. The Labute approximate surface area is 120 Å². The Balaban J connectivity index is 2.95. The van der Waals surface area contributed by atoms with Crippen LogP contribution in [0.4, 0.5) is 4.79 Å². The molecule has 0 fully saturated rings. The Kier molecular flexibility index (Phi) is 6.91. The Hall–Kier alpha value is -1.71. The number of hydrogen-bond acceptors (Lipinski definition) is 3. The summed E-state index contributed by atoms with van der Waals surface area (Å²) in [6.45, 7) is 4.27. The fourth-order valence-electron chi connectivity index (χ4n) is 2.23. The number of carbonyl (C=O) groups is 1. The molecule has 0 aliphatic heterocycles. The molecule has 0 atom stereocenters. The SMILES string of the molecule is CCCCCc1cc(OC(=O)O)c(O)cc1CCCC. The number of benzene rings is 1. The van der Waals surface area contributed by atoms with Crippen molar-refractivity contribution in [2.24, 2.45) is 0 Å². The molecule has 112 valence electrons. The van der Waals surface area contributed by atoms with Gasteiger partial charge < -0.3 is 14.9 Å². The van der Waals surface area contributed by atoms with Gasteiger partial charge in [-0.25, -0.2) is 4.79 Å². The van der Waals surface area contributed by atoms with Crippen LogP contribution in [0.3, 0.4) is 0 Å². The van der Waals surface area contributed by atoms with Gasteiger partial charge in [0.1, 0.15) is 0 Å². The van der Waals surface area contributed by atoms with Crippen LogP contribution in [0, 0.1) is 0 Å². The largest absolute Gasteiger partial charge is 0.511 e. The van der Waals surface area contributed by atoms with Crippen molar-refractivity contribution in [3.05, 3.63) is 23.3 Å². The van der Waals surface area contributed by atoms with Crippen molar-refractivity contribution in [3.8, 4) is 11.5 Å². The molecule has 4 nitrogen and oxygen atoms in total. The second-order valence-electron chi connectivity index (χ2n) is 5.02. The minimum Gasteiger partial charge on any atom is -0.504 e. The van der Waals surface area contributed by atoms with Crippen molar-refractivity contribution in [1.29, 1.82) is 0 Å². The molecule has 0 spiro atoms. The quantitative estimate of drug-likeness (QED) is 0.417. The Morgan fingerprint density at radius 2 is 1.65 bits per heavy atom. The maximum Gasteiger partial charge on any atom is 0.511 e. The molecular formula is C16H24O4. The smallest absolute Gasteiger partial charge is 0.504 e. The highest BCUT2D eigenvalue weighted by atomic mass is 16.7. The molecule has 20 heavy (non-hydrogen) atoms. The van der Waals surface area contributed by atoms with E-state index in [1.807, 2.05) is 0 Å². The molecule has 4 heteroatoms. The number of aromatic hydroxyl groups is 1. The van der Waals surface area contributed by atoms with Gasteiger partial charge in [0.05, 0.1) is 0 Å². The number of hydrogen-bond donors (Lipinski definition) is 2. The lowest BCUT2D eigenvalue weighted by atomic mass is 9.97. The second-order valence-corrected chi connectivity index (χ2v) is 5.02. The Morgan fingerprint density at radius 1 is 1.05 bits per heavy atom. The first-order valence-electron chi connectivity index (χ1n) is 7.34. The molecule has 0 aliphatic rings. The lowest BCUT2D eigenvalue weighted by molar-refractivity contribution is 0.143. The maximum atomic E-state index is 10.6. The maximum absolute atomic E-state index is 10.6. The molecule has 1 rings (SSSR count). The van der Waals surface area contributed by atoms with E-state index in [9.17, 15) is 9.90 Å². The first kappa shape index (κ1) is 16.3. The highest BCUT2D eigenvalue weighted by molar-refractivity contribution is 5.63. The van der Waals surface area contributed by atoms with E-state index < -0.39 is 6.16 Å². The predicted molar refractivity (Wildman–Crippen MR) is 78.6 cm³/mol. The van der Waals surface area contributed by atoms with Gasteiger partial charge in [-0.05, 0) is 48.9 Å². The van der Waals surface area contributed by atoms with Gasteiger partial charge in [-0.2, -0.15) is 0 Å². The fourth-order valence-corrected chi connectivity index (χ4v) is 2.23. The normalized spacial score (nSPS) is 10.5. The van der Waals surface area contributed by atoms with Crippen molar-refractivity contribution in [3.63, 3.8) is 0 Å². The summed E-state index contributed by atoms with van der Waals surface area (Å²) in [6, 6.07) is 3.32. The van der Waals surface area contributed by atoms with Crippen LogP contribution in [-0.2, 0) is 12.8 Å². The summed E-state index contributed by atoms with van der Waals surface area (Å²) >= 11 is 0. The zero-order valence-corrected chi connectivity index (χ0v) is 12.3. The van der Waals surface area contributed by atoms with E-state index in [2.05, 4.69) is 18.6 Å².